The first kappa shape index (κ1) is 25.5. The van der Waals surface area contributed by atoms with Crippen molar-refractivity contribution in [2.45, 2.75) is 154 Å². The molecule has 7 atom stereocenters. The Labute approximate surface area is 204 Å². The lowest BCUT2D eigenvalue weighted by Gasteiger charge is -2.41. The summed E-state index contributed by atoms with van der Waals surface area (Å²) < 4.78 is 12.8. The highest BCUT2D eigenvalue weighted by molar-refractivity contribution is 5.80. The van der Waals surface area contributed by atoms with Crippen LogP contribution in [0.2, 0.25) is 0 Å². The molecule has 4 rings (SSSR count). The fourth-order valence-electron chi connectivity index (χ4n) is 7.33. The molecule has 190 valence electrons. The fraction of sp³-hybridized carbons (Fsp3) is 0.967. The Balaban J connectivity index is 1.17. The van der Waals surface area contributed by atoms with E-state index in [0.717, 1.165) is 24.4 Å². The van der Waals surface area contributed by atoms with Gasteiger partial charge in [-0.25, -0.2) is 4.99 Å². The lowest BCUT2D eigenvalue weighted by Crippen LogP contribution is -2.36. The standard InChI is InChI=1S/C30H53NO2/c1-3-5-7-8-9-10-12-23-13-18-29-28(20-23)31-30(33-29)26-15-14-25-22-27(17-16-24(25)21-26)32-19-11-6-4-2/h23-29H,3-22H2,1-2H3. The zero-order valence-electron chi connectivity index (χ0n) is 21.9. The van der Waals surface area contributed by atoms with Gasteiger partial charge in [-0.05, 0) is 82.0 Å². The monoisotopic (exact) mass is 459 g/mol. The highest BCUT2D eigenvalue weighted by atomic mass is 16.5. The predicted molar refractivity (Wildman–Crippen MR) is 139 cm³/mol. The minimum Gasteiger partial charge on any atom is -0.475 e. The number of hydrogen-bond acceptors (Lipinski definition) is 3. The van der Waals surface area contributed by atoms with Crippen LogP contribution in [0.15, 0.2) is 4.99 Å². The van der Waals surface area contributed by atoms with Crippen molar-refractivity contribution >= 4 is 5.90 Å². The lowest BCUT2D eigenvalue weighted by molar-refractivity contribution is -0.0180. The summed E-state index contributed by atoms with van der Waals surface area (Å²) >= 11 is 0. The first-order valence-corrected chi connectivity index (χ1v) is 15.1. The van der Waals surface area contributed by atoms with E-state index < -0.39 is 0 Å². The second kappa shape index (κ2) is 13.5. The van der Waals surface area contributed by atoms with Crippen molar-refractivity contribution in [3.8, 4) is 0 Å². The summed E-state index contributed by atoms with van der Waals surface area (Å²) in [6, 6.07) is 0.476. The van der Waals surface area contributed by atoms with Crippen molar-refractivity contribution in [1.82, 2.24) is 0 Å². The fourth-order valence-corrected chi connectivity index (χ4v) is 7.33. The molecule has 0 aromatic carbocycles. The van der Waals surface area contributed by atoms with Gasteiger partial charge in [-0.1, -0.05) is 71.6 Å². The Hall–Kier alpha value is -0.570. The second-order valence-electron chi connectivity index (χ2n) is 12.0. The van der Waals surface area contributed by atoms with Crippen LogP contribution in [0.3, 0.4) is 0 Å². The first-order chi connectivity index (χ1) is 16.3. The number of hydrogen-bond donors (Lipinski definition) is 0. The van der Waals surface area contributed by atoms with E-state index in [1.54, 1.807) is 0 Å². The molecule has 0 N–H and O–H groups in total. The quantitative estimate of drug-likeness (QED) is 0.258. The van der Waals surface area contributed by atoms with Gasteiger partial charge in [-0.2, -0.15) is 0 Å². The Morgan fingerprint density at radius 1 is 0.758 bits per heavy atom. The van der Waals surface area contributed by atoms with Crippen LogP contribution in [0.5, 0.6) is 0 Å². The second-order valence-corrected chi connectivity index (χ2v) is 12.0. The van der Waals surface area contributed by atoms with Gasteiger partial charge in [0.2, 0.25) is 0 Å². The first-order valence-electron chi connectivity index (χ1n) is 15.1. The molecule has 3 aliphatic carbocycles. The van der Waals surface area contributed by atoms with E-state index >= 15 is 0 Å². The molecule has 7 unspecified atom stereocenters. The third-order valence-electron chi connectivity index (χ3n) is 9.41. The van der Waals surface area contributed by atoms with E-state index in [9.17, 15) is 0 Å². The van der Waals surface area contributed by atoms with Gasteiger partial charge in [0, 0.05) is 12.5 Å². The molecule has 33 heavy (non-hydrogen) atoms. The Kier molecular flexibility index (Phi) is 10.4. The van der Waals surface area contributed by atoms with Crippen molar-refractivity contribution in [3.05, 3.63) is 0 Å². The molecular weight excluding hydrogens is 406 g/mol. The minimum absolute atomic E-state index is 0.408. The van der Waals surface area contributed by atoms with E-state index in [2.05, 4.69) is 13.8 Å². The van der Waals surface area contributed by atoms with Crippen LogP contribution in [0.1, 0.15) is 136 Å². The van der Waals surface area contributed by atoms with E-state index in [0.29, 0.717) is 24.2 Å². The third-order valence-corrected chi connectivity index (χ3v) is 9.41. The maximum atomic E-state index is 6.53. The van der Waals surface area contributed by atoms with E-state index in [4.69, 9.17) is 14.5 Å². The lowest BCUT2D eigenvalue weighted by atomic mass is 9.67. The summed E-state index contributed by atoms with van der Waals surface area (Å²) in [6.45, 7) is 5.55. The van der Waals surface area contributed by atoms with Gasteiger partial charge in [-0.3, -0.25) is 0 Å². The summed E-state index contributed by atoms with van der Waals surface area (Å²) in [5.41, 5.74) is 0. The predicted octanol–water partition coefficient (Wildman–Crippen LogP) is 8.49. The summed E-state index contributed by atoms with van der Waals surface area (Å²) in [5, 5.41) is 0. The summed E-state index contributed by atoms with van der Waals surface area (Å²) in [6.07, 6.45) is 26.5. The maximum Gasteiger partial charge on any atom is 0.187 e. The highest BCUT2D eigenvalue weighted by Gasteiger charge is 2.42. The van der Waals surface area contributed by atoms with Crippen molar-refractivity contribution < 1.29 is 9.47 Å². The van der Waals surface area contributed by atoms with Gasteiger partial charge in [0.15, 0.2) is 5.90 Å². The number of fused-ring (bicyclic) bond motifs is 2. The van der Waals surface area contributed by atoms with Crippen LogP contribution >= 0.6 is 0 Å². The topological polar surface area (TPSA) is 30.8 Å². The molecule has 0 radical (unpaired) electrons. The zero-order chi connectivity index (χ0) is 22.9. The van der Waals surface area contributed by atoms with Gasteiger partial charge in [0.1, 0.15) is 6.10 Å². The maximum absolute atomic E-state index is 6.53. The molecule has 0 aromatic rings. The summed E-state index contributed by atoms with van der Waals surface area (Å²) in [5.74, 6) is 4.44. The van der Waals surface area contributed by atoms with Gasteiger partial charge < -0.3 is 9.47 Å². The van der Waals surface area contributed by atoms with Crippen molar-refractivity contribution in [3.63, 3.8) is 0 Å². The molecule has 0 aromatic heterocycles. The largest absolute Gasteiger partial charge is 0.475 e. The van der Waals surface area contributed by atoms with Crippen LogP contribution in [0, 0.1) is 23.7 Å². The van der Waals surface area contributed by atoms with E-state index in [1.807, 2.05) is 0 Å². The molecule has 3 nitrogen and oxygen atoms in total. The molecule has 1 aliphatic heterocycles. The third kappa shape index (κ3) is 7.45. The van der Waals surface area contributed by atoms with Crippen LogP contribution in [-0.2, 0) is 9.47 Å². The average Bonchev–Trinajstić information content (AvgIpc) is 3.27. The van der Waals surface area contributed by atoms with Gasteiger partial charge in [0.25, 0.3) is 0 Å². The Bertz CT molecular complexity index is 590. The van der Waals surface area contributed by atoms with Crippen molar-refractivity contribution in [2.24, 2.45) is 28.7 Å². The summed E-state index contributed by atoms with van der Waals surface area (Å²) in [7, 11) is 0. The van der Waals surface area contributed by atoms with E-state index in [-0.39, 0.29) is 0 Å². The van der Waals surface area contributed by atoms with Gasteiger partial charge in [-0.15, -0.1) is 0 Å². The normalized spacial score (nSPS) is 36.1. The molecule has 3 saturated carbocycles. The molecule has 3 heteroatoms. The minimum atomic E-state index is 0.408. The molecule has 1 heterocycles. The average molecular weight is 460 g/mol. The van der Waals surface area contributed by atoms with E-state index in [1.165, 1.54) is 128 Å². The highest BCUT2D eigenvalue weighted by Crippen LogP contribution is 2.45. The number of aliphatic imine (C=N–C) groups is 1. The number of nitrogens with zero attached hydrogens (tertiary/aromatic N) is 1. The molecule has 0 saturated heterocycles. The Morgan fingerprint density at radius 2 is 1.52 bits per heavy atom. The van der Waals surface area contributed by atoms with Crippen LogP contribution < -0.4 is 0 Å². The molecule has 0 amide bonds. The van der Waals surface area contributed by atoms with Gasteiger partial charge >= 0.3 is 0 Å². The molecule has 4 aliphatic rings. The summed E-state index contributed by atoms with van der Waals surface area (Å²) in [4.78, 5) is 5.23. The molecule has 3 fully saturated rings. The smallest absolute Gasteiger partial charge is 0.187 e. The molecule has 0 spiro atoms. The molecular formula is C30H53NO2. The number of ether oxygens (including phenoxy) is 2. The zero-order valence-corrected chi connectivity index (χ0v) is 21.9. The molecule has 0 bridgehead atoms. The van der Waals surface area contributed by atoms with Crippen LogP contribution in [0.25, 0.3) is 0 Å². The van der Waals surface area contributed by atoms with Crippen molar-refractivity contribution in [2.75, 3.05) is 6.61 Å². The van der Waals surface area contributed by atoms with Gasteiger partial charge in [0.05, 0.1) is 12.1 Å². The Morgan fingerprint density at radius 3 is 2.39 bits per heavy atom. The van der Waals surface area contributed by atoms with Crippen LogP contribution in [0.4, 0.5) is 0 Å². The number of unbranched alkanes of at least 4 members (excludes halogenated alkanes) is 7. The number of rotatable bonds is 13. The SMILES string of the molecule is CCCCCCCCC1CCC2OC(C3CCC4CC(OCCCCC)CCC4C3)=NC2C1. The van der Waals surface area contributed by atoms with Crippen LogP contribution in [-0.4, -0.2) is 30.8 Å². The van der Waals surface area contributed by atoms with Crippen molar-refractivity contribution in [1.29, 1.82) is 0 Å².